The van der Waals surface area contributed by atoms with Gasteiger partial charge in [-0.15, -0.1) is 0 Å². The van der Waals surface area contributed by atoms with Crippen LogP contribution in [0.15, 0.2) is 65.8 Å². The number of nitrogens with one attached hydrogen (secondary N) is 1. The number of aryl methyl sites for hydroxylation is 1. The van der Waals surface area contributed by atoms with E-state index in [9.17, 15) is 0 Å². The van der Waals surface area contributed by atoms with Gasteiger partial charge in [-0.25, -0.2) is 9.97 Å². The Kier molecular flexibility index (Phi) is 6.15. The highest BCUT2D eigenvalue weighted by molar-refractivity contribution is 5.81. The zero-order chi connectivity index (χ0) is 19.1. The van der Waals surface area contributed by atoms with E-state index in [4.69, 9.17) is 0 Å². The third-order valence-electron chi connectivity index (χ3n) is 4.32. The van der Waals surface area contributed by atoms with Crippen molar-refractivity contribution in [3.63, 3.8) is 0 Å². The van der Waals surface area contributed by atoms with Crippen LogP contribution in [0.25, 0.3) is 11.3 Å². The summed E-state index contributed by atoms with van der Waals surface area (Å²) in [6.45, 7) is 8.21. The maximum atomic E-state index is 4.51. The van der Waals surface area contributed by atoms with Gasteiger partial charge in [-0.2, -0.15) is 5.10 Å². The second kappa shape index (κ2) is 8.94. The average Bonchev–Trinajstić information content (AvgIpc) is 2.70. The van der Waals surface area contributed by atoms with Crippen molar-refractivity contribution in [3.8, 4) is 11.3 Å². The first kappa shape index (κ1) is 18.6. The van der Waals surface area contributed by atoms with Gasteiger partial charge in [-0.1, -0.05) is 42.5 Å². The molecule has 0 amide bonds. The summed E-state index contributed by atoms with van der Waals surface area (Å²) in [4.78, 5) is 11.2. The fourth-order valence-corrected chi connectivity index (χ4v) is 2.91. The van der Waals surface area contributed by atoms with Gasteiger partial charge in [0.2, 0.25) is 0 Å². The number of hydrogen-bond donors (Lipinski definition) is 1. The lowest BCUT2D eigenvalue weighted by Crippen LogP contribution is -2.21. The third kappa shape index (κ3) is 4.91. The highest BCUT2D eigenvalue weighted by Crippen LogP contribution is 2.19. The normalized spacial score (nSPS) is 10.9. The Morgan fingerprint density at radius 3 is 2.33 bits per heavy atom. The van der Waals surface area contributed by atoms with Gasteiger partial charge in [-0.05, 0) is 38.5 Å². The number of hydrogen-bond acceptors (Lipinski definition) is 5. The molecular weight excluding hydrogens is 334 g/mol. The third-order valence-corrected chi connectivity index (χ3v) is 4.32. The molecule has 1 aromatic heterocycles. The Morgan fingerprint density at radius 2 is 1.67 bits per heavy atom. The quantitative estimate of drug-likeness (QED) is 0.489. The first-order valence-electron chi connectivity index (χ1n) is 9.24. The molecule has 3 aromatic rings. The molecule has 3 rings (SSSR count). The molecule has 0 saturated carbocycles. The smallest absolute Gasteiger partial charge is 0.150 e. The van der Waals surface area contributed by atoms with Crippen LogP contribution in [0.3, 0.4) is 0 Å². The van der Waals surface area contributed by atoms with Crippen molar-refractivity contribution in [3.05, 3.63) is 72.1 Å². The van der Waals surface area contributed by atoms with Gasteiger partial charge in [0, 0.05) is 30.4 Å². The second-order valence-electron chi connectivity index (χ2n) is 6.19. The first-order chi connectivity index (χ1) is 13.2. The summed E-state index contributed by atoms with van der Waals surface area (Å²) in [5.41, 5.74) is 7.21. The highest BCUT2D eigenvalue weighted by Gasteiger charge is 2.04. The van der Waals surface area contributed by atoms with Gasteiger partial charge in [0.25, 0.3) is 0 Å². The van der Waals surface area contributed by atoms with Crippen LogP contribution in [0, 0.1) is 6.92 Å². The van der Waals surface area contributed by atoms with Crippen LogP contribution in [0.4, 0.5) is 11.5 Å². The minimum Gasteiger partial charge on any atom is -0.372 e. The molecule has 1 N–H and O–H groups in total. The van der Waals surface area contributed by atoms with Crippen LogP contribution < -0.4 is 10.3 Å². The topological polar surface area (TPSA) is 53.4 Å². The van der Waals surface area contributed by atoms with E-state index in [1.807, 2.05) is 43.3 Å². The van der Waals surface area contributed by atoms with Crippen molar-refractivity contribution in [2.75, 3.05) is 23.4 Å². The van der Waals surface area contributed by atoms with Crippen LogP contribution in [-0.2, 0) is 0 Å². The van der Waals surface area contributed by atoms with Crippen LogP contribution in [0.1, 0.15) is 25.2 Å². The molecule has 0 atom stereocenters. The number of benzene rings is 2. The van der Waals surface area contributed by atoms with Crippen molar-refractivity contribution >= 4 is 17.7 Å². The minimum absolute atomic E-state index is 0.678. The Labute approximate surface area is 160 Å². The molecule has 5 heteroatoms. The van der Waals surface area contributed by atoms with Crippen LogP contribution in [0.5, 0.6) is 0 Å². The summed E-state index contributed by atoms with van der Waals surface area (Å²) in [6, 6.07) is 20.3. The Bertz CT molecular complexity index is 884. The minimum atomic E-state index is 0.678. The number of hydrazone groups is 1. The molecule has 0 bridgehead atoms. The van der Waals surface area contributed by atoms with E-state index >= 15 is 0 Å². The van der Waals surface area contributed by atoms with E-state index in [1.54, 1.807) is 6.21 Å². The van der Waals surface area contributed by atoms with Gasteiger partial charge in [0.15, 0.2) is 0 Å². The van der Waals surface area contributed by atoms with Crippen molar-refractivity contribution in [2.45, 2.75) is 20.8 Å². The molecule has 2 aromatic carbocycles. The van der Waals surface area contributed by atoms with E-state index < -0.39 is 0 Å². The fourth-order valence-electron chi connectivity index (χ4n) is 2.91. The van der Waals surface area contributed by atoms with Gasteiger partial charge in [-0.3, -0.25) is 5.43 Å². The highest BCUT2D eigenvalue weighted by atomic mass is 15.3. The fraction of sp³-hybridized carbons (Fsp3) is 0.227. The zero-order valence-corrected chi connectivity index (χ0v) is 16.1. The zero-order valence-electron chi connectivity index (χ0n) is 16.1. The lowest BCUT2D eigenvalue weighted by atomic mass is 10.1. The van der Waals surface area contributed by atoms with E-state index in [0.29, 0.717) is 11.6 Å². The standard InChI is InChI=1S/C22H25N5/c1-4-27(5-2)20-13-11-18(12-14-20)16-23-26-22-15-21(24-17(3)25-22)19-9-7-6-8-10-19/h6-16H,4-5H2,1-3H3,(H,24,25,26). The van der Waals surface area contributed by atoms with Crippen LogP contribution in [0.2, 0.25) is 0 Å². The molecule has 0 aliphatic carbocycles. The predicted octanol–water partition coefficient (Wildman–Crippen LogP) is 4.74. The molecule has 1 heterocycles. The maximum Gasteiger partial charge on any atom is 0.150 e. The monoisotopic (exact) mass is 359 g/mol. The average molecular weight is 359 g/mol. The number of rotatable bonds is 7. The maximum absolute atomic E-state index is 4.51. The van der Waals surface area contributed by atoms with Crippen LogP contribution in [-0.4, -0.2) is 29.3 Å². The molecule has 0 unspecified atom stereocenters. The van der Waals surface area contributed by atoms with E-state index in [0.717, 1.165) is 29.9 Å². The first-order valence-corrected chi connectivity index (χ1v) is 9.24. The molecule has 0 aliphatic rings. The molecule has 0 fully saturated rings. The van der Waals surface area contributed by atoms with Crippen molar-refractivity contribution in [2.24, 2.45) is 5.10 Å². The van der Waals surface area contributed by atoms with E-state index in [-0.39, 0.29) is 0 Å². The summed E-state index contributed by atoms with van der Waals surface area (Å²) < 4.78 is 0. The molecule has 0 spiro atoms. The summed E-state index contributed by atoms with van der Waals surface area (Å²) in [5.74, 6) is 1.38. The summed E-state index contributed by atoms with van der Waals surface area (Å²) in [5, 5.41) is 4.32. The largest absolute Gasteiger partial charge is 0.372 e. The second-order valence-corrected chi connectivity index (χ2v) is 6.19. The molecule has 0 aliphatic heterocycles. The summed E-state index contributed by atoms with van der Waals surface area (Å²) >= 11 is 0. The molecule has 5 nitrogen and oxygen atoms in total. The van der Waals surface area contributed by atoms with Crippen molar-refractivity contribution in [1.82, 2.24) is 9.97 Å². The van der Waals surface area contributed by atoms with Gasteiger partial charge < -0.3 is 4.90 Å². The van der Waals surface area contributed by atoms with Gasteiger partial charge in [0.1, 0.15) is 11.6 Å². The Hall–Kier alpha value is -3.21. The SMILES string of the molecule is CCN(CC)c1ccc(C=NNc2cc(-c3ccccc3)nc(C)n2)cc1. The lowest BCUT2D eigenvalue weighted by Gasteiger charge is -2.20. The number of nitrogens with zero attached hydrogens (tertiary/aromatic N) is 4. The number of aromatic nitrogens is 2. The van der Waals surface area contributed by atoms with Crippen LogP contribution >= 0.6 is 0 Å². The molecule has 0 radical (unpaired) electrons. The molecule has 0 saturated heterocycles. The summed E-state index contributed by atoms with van der Waals surface area (Å²) in [7, 11) is 0. The summed E-state index contributed by atoms with van der Waals surface area (Å²) in [6.07, 6.45) is 1.80. The van der Waals surface area contributed by atoms with Crippen molar-refractivity contribution in [1.29, 1.82) is 0 Å². The van der Waals surface area contributed by atoms with E-state index in [2.05, 4.69) is 63.5 Å². The van der Waals surface area contributed by atoms with Crippen molar-refractivity contribution < 1.29 is 0 Å². The van der Waals surface area contributed by atoms with Gasteiger partial charge in [0.05, 0.1) is 11.9 Å². The van der Waals surface area contributed by atoms with E-state index in [1.165, 1.54) is 5.69 Å². The Morgan fingerprint density at radius 1 is 0.963 bits per heavy atom. The predicted molar refractivity (Wildman–Crippen MR) is 113 cm³/mol. The Balaban J connectivity index is 1.70. The lowest BCUT2D eigenvalue weighted by molar-refractivity contribution is 0.866. The molecular formula is C22H25N5. The van der Waals surface area contributed by atoms with Gasteiger partial charge >= 0.3 is 0 Å². The number of anilines is 2. The molecule has 138 valence electrons. The molecule has 27 heavy (non-hydrogen) atoms.